The highest BCUT2D eigenvalue weighted by atomic mass is 32.2. The van der Waals surface area contributed by atoms with E-state index in [0.717, 1.165) is 47.7 Å². The second kappa shape index (κ2) is 9.51. The molecule has 0 spiro atoms. The van der Waals surface area contributed by atoms with Crippen molar-refractivity contribution in [2.24, 2.45) is 0 Å². The molecule has 168 valence electrons. The summed E-state index contributed by atoms with van der Waals surface area (Å²) in [5.74, 6) is 0.667. The minimum Gasteiger partial charge on any atom is -0.497 e. The van der Waals surface area contributed by atoms with E-state index >= 15 is 0 Å². The van der Waals surface area contributed by atoms with Crippen molar-refractivity contribution in [3.8, 4) is 22.7 Å². The molecule has 0 saturated carbocycles. The van der Waals surface area contributed by atoms with Gasteiger partial charge < -0.3 is 9.47 Å². The normalized spacial score (nSPS) is 19.6. The molecule has 33 heavy (non-hydrogen) atoms. The molecule has 0 radical (unpaired) electrons. The molecule has 3 aromatic rings. The molecule has 0 N–H and O–H groups in total. The highest BCUT2D eigenvalue weighted by molar-refractivity contribution is 8.26. The molecule has 6 nitrogen and oxygen atoms in total. The van der Waals surface area contributed by atoms with Gasteiger partial charge in [0.25, 0.3) is 5.91 Å². The van der Waals surface area contributed by atoms with E-state index in [1.807, 2.05) is 71.6 Å². The molecule has 2 aliphatic heterocycles. The number of para-hydroxylation sites is 1. The number of carbonyl (C=O) groups excluding carboxylic acids is 1. The van der Waals surface area contributed by atoms with Crippen LogP contribution in [0.3, 0.4) is 0 Å². The Bertz CT molecular complexity index is 1220. The van der Waals surface area contributed by atoms with Crippen LogP contribution in [0.25, 0.3) is 23.0 Å². The van der Waals surface area contributed by atoms with Gasteiger partial charge >= 0.3 is 0 Å². The number of nitrogens with zero attached hydrogens (tertiary/aromatic N) is 3. The van der Waals surface area contributed by atoms with Gasteiger partial charge in [-0.25, -0.2) is 4.68 Å². The number of methoxy groups -OCH3 is 1. The lowest BCUT2D eigenvalue weighted by Crippen LogP contribution is -2.35. The highest BCUT2D eigenvalue weighted by Gasteiger charge is 2.35. The standard InChI is InChI=1S/C25H23N3O3S2/c1-30-20-10-5-7-17(13-20)23-18(15-28(26-23)19-8-3-2-4-9-19)14-22-24(29)27(25(32)33-22)16-21-11-6-12-31-21/h2-5,7-10,13-15,21H,6,11-12,16H2,1H3/b22-14-. The summed E-state index contributed by atoms with van der Waals surface area (Å²) in [6, 6.07) is 17.7. The number of amides is 1. The third-order valence-corrected chi connectivity index (χ3v) is 7.05. The Labute approximate surface area is 202 Å². The number of hydrogen-bond acceptors (Lipinski definition) is 6. The van der Waals surface area contributed by atoms with E-state index in [1.165, 1.54) is 11.8 Å². The van der Waals surface area contributed by atoms with Crippen molar-refractivity contribution in [1.82, 2.24) is 14.7 Å². The predicted molar refractivity (Wildman–Crippen MR) is 134 cm³/mol. The van der Waals surface area contributed by atoms with Crippen molar-refractivity contribution >= 4 is 40.3 Å². The molecule has 2 aromatic carbocycles. The summed E-state index contributed by atoms with van der Waals surface area (Å²) in [7, 11) is 1.64. The molecule has 1 atom stereocenters. The zero-order chi connectivity index (χ0) is 22.8. The van der Waals surface area contributed by atoms with E-state index in [4.69, 9.17) is 26.8 Å². The SMILES string of the molecule is COc1cccc(-c2nn(-c3ccccc3)cc2/C=C2\SC(=S)N(CC3CCCO3)C2=O)c1. The minimum absolute atomic E-state index is 0.0556. The Morgan fingerprint density at radius 2 is 2.09 bits per heavy atom. The Kier molecular flexibility index (Phi) is 6.30. The maximum absolute atomic E-state index is 13.2. The van der Waals surface area contributed by atoms with Crippen LogP contribution in [0, 0.1) is 0 Å². The van der Waals surface area contributed by atoms with Crippen molar-refractivity contribution in [2.75, 3.05) is 20.3 Å². The lowest BCUT2D eigenvalue weighted by atomic mass is 10.1. The predicted octanol–water partition coefficient (Wildman–Crippen LogP) is 4.93. The average molecular weight is 478 g/mol. The van der Waals surface area contributed by atoms with Crippen molar-refractivity contribution in [3.63, 3.8) is 0 Å². The first-order chi connectivity index (χ1) is 16.1. The molecule has 1 unspecified atom stereocenters. The van der Waals surface area contributed by atoms with Gasteiger partial charge in [0.1, 0.15) is 15.8 Å². The van der Waals surface area contributed by atoms with Crippen LogP contribution in [-0.2, 0) is 9.53 Å². The topological polar surface area (TPSA) is 56.6 Å². The molecule has 2 saturated heterocycles. The zero-order valence-corrected chi connectivity index (χ0v) is 19.8. The zero-order valence-electron chi connectivity index (χ0n) is 18.1. The van der Waals surface area contributed by atoms with E-state index < -0.39 is 0 Å². The van der Waals surface area contributed by atoms with Gasteiger partial charge in [-0.1, -0.05) is 54.3 Å². The molecule has 0 bridgehead atoms. The van der Waals surface area contributed by atoms with Gasteiger partial charge in [-0.05, 0) is 43.2 Å². The summed E-state index contributed by atoms with van der Waals surface area (Å²) in [6.07, 6.45) is 5.87. The van der Waals surface area contributed by atoms with Gasteiger partial charge in [-0.15, -0.1) is 0 Å². The first-order valence-corrected chi connectivity index (χ1v) is 12.0. The van der Waals surface area contributed by atoms with Gasteiger partial charge in [-0.3, -0.25) is 9.69 Å². The summed E-state index contributed by atoms with van der Waals surface area (Å²) in [5, 5.41) is 4.84. The lowest BCUT2D eigenvalue weighted by molar-refractivity contribution is -0.123. The van der Waals surface area contributed by atoms with Crippen LogP contribution in [-0.4, -0.2) is 51.3 Å². The Morgan fingerprint density at radius 3 is 2.85 bits per heavy atom. The van der Waals surface area contributed by atoms with Gasteiger partial charge in [0.15, 0.2) is 0 Å². The summed E-state index contributed by atoms with van der Waals surface area (Å²) < 4.78 is 13.5. The quantitative estimate of drug-likeness (QED) is 0.371. The van der Waals surface area contributed by atoms with Crippen LogP contribution in [0.1, 0.15) is 18.4 Å². The second-order valence-electron chi connectivity index (χ2n) is 7.87. The summed E-state index contributed by atoms with van der Waals surface area (Å²) in [6.45, 7) is 1.26. The molecule has 1 aromatic heterocycles. The van der Waals surface area contributed by atoms with Gasteiger partial charge in [-0.2, -0.15) is 5.10 Å². The lowest BCUT2D eigenvalue weighted by Gasteiger charge is -2.18. The van der Waals surface area contributed by atoms with Gasteiger partial charge in [0, 0.05) is 23.9 Å². The number of hydrogen-bond donors (Lipinski definition) is 0. The molecular weight excluding hydrogens is 454 g/mol. The van der Waals surface area contributed by atoms with Gasteiger partial charge in [0.2, 0.25) is 0 Å². The molecule has 5 rings (SSSR count). The van der Waals surface area contributed by atoms with Crippen molar-refractivity contribution in [1.29, 1.82) is 0 Å². The van der Waals surface area contributed by atoms with Crippen LogP contribution >= 0.6 is 24.0 Å². The smallest absolute Gasteiger partial charge is 0.266 e. The van der Waals surface area contributed by atoms with E-state index in [2.05, 4.69) is 0 Å². The van der Waals surface area contributed by atoms with Gasteiger partial charge in [0.05, 0.1) is 30.4 Å². The van der Waals surface area contributed by atoms with Crippen LogP contribution in [0.4, 0.5) is 0 Å². The average Bonchev–Trinajstić information content (AvgIpc) is 3.57. The number of aromatic nitrogens is 2. The highest BCUT2D eigenvalue weighted by Crippen LogP contribution is 2.36. The number of thioether (sulfide) groups is 1. The molecule has 2 fully saturated rings. The Hall–Kier alpha value is -2.94. The largest absolute Gasteiger partial charge is 0.497 e. The minimum atomic E-state index is -0.0791. The first-order valence-electron chi connectivity index (χ1n) is 10.8. The second-order valence-corrected chi connectivity index (χ2v) is 9.55. The van der Waals surface area contributed by atoms with E-state index in [1.54, 1.807) is 12.0 Å². The van der Waals surface area contributed by atoms with Crippen molar-refractivity contribution < 1.29 is 14.3 Å². The van der Waals surface area contributed by atoms with Crippen LogP contribution in [0.2, 0.25) is 0 Å². The number of carbonyl (C=O) groups is 1. The Balaban J connectivity index is 1.52. The number of ether oxygens (including phenoxy) is 2. The number of thiocarbonyl (C=S) groups is 1. The van der Waals surface area contributed by atoms with E-state index in [9.17, 15) is 4.79 Å². The number of benzene rings is 2. The molecule has 0 aliphatic carbocycles. The third-order valence-electron chi connectivity index (χ3n) is 5.68. The third kappa shape index (κ3) is 4.59. The fourth-order valence-electron chi connectivity index (χ4n) is 3.99. The Morgan fingerprint density at radius 1 is 1.24 bits per heavy atom. The molecular formula is C25H23N3O3S2. The van der Waals surface area contributed by atoms with Crippen molar-refractivity contribution in [3.05, 3.63) is 71.3 Å². The molecule has 1 amide bonds. The maximum atomic E-state index is 13.2. The first kappa shape index (κ1) is 21.9. The summed E-state index contributed by atoms with van der Waals surface area (Å²) in [4.78, 5) is 15.4. The molecule has 8 heteroatoms. The van der Waals surface area contributed by atoms with Crippen LogP contribution in [0.15, 0.2) is 65.7 Å². The van der Waals surface area contributed by atoms with Crippen LogP contribution < -0.4 is 4.74 Å². The summed E-state index contributed by atoms with van der Waals surface area (Å²) >= 11 is 6.85. The van der Waals surface area contributed by atoms with Crippen LogP contribution in [0.5, 0.6) is 5.75 Å². The number of rotatable bonds is 6. The summed E-state index contributed by atoms with van der Waals surface area (Å²) in [5.41, 5.74) is 3.45. The van der Waals surface area contributed by atoms with E-state index in [0.29, 0.717) is 15.8 Å². The fraction of sp³-hybridized carbons (Fsp3) is 0.240. The fourth-order valence-corrected chi connectivity index (χ4v) is 5.26. The van der Waals surface area contributed by atoms with E-state index in [-0.39, 0.29) is 12.0 Å². The molecule has 2 aliphatic rings. The monoisotopic (exact) mass is 477 g/mol. The van der Waals surface area contributed by atoms with Crippen molar-refractivity contribution in [2.45, 2.75) is 18.9 Å². The maximum Gasteiger partial charge on any atom is 0.266 e. The molecule has 3 heterocycles.